The molecule has 5 rings (SSSR count). The van der Waals surface area contributed by atoms with Crippen molar-refractivity contribution in [3.63, 3.8) is 0 Å². The zero-order chi connectivity index (χ0) is 28.8. The number of benzene rings is 3. The molecule has 13 heteroatoms. The Morgan fingerprint density at radius 3 is 2.27 bits per heavy atom. The summed E-state index contributed by atoms with van der Waals surface area (Å²) in [4.78, 5) is 13.4. The van der Waals surface area contributed by atoms with Gasteiger partial charge in [0.05, 0.1) is 22.5 Å². The zero-order valence-corrected chi connectivity index (χ0v) is 20.6. The van der Waals surface area contributed by atoms with Gasteiger partial charge in [-0.15, -0.1) is 0 Å². The number of fused-ring (bicyclic) bond motifs is 1. The van der Waals surface area contributed by atoms with Crippen LogP contribution in [0.25, 0.3) is 27.8 Å². The van der Waals surface area contributed by atoms with E-state index in [0.717, 1.165) is 18.2 Å². The van der Waals surface area contributed by atoms with E-state index >= 15 is 0 Å². The predicted octanol–water partition coefficient (Wildman–Crippen LogP) is 6.26. The third-order valence-corrected chi connectivity index (χ3v) is 6.22. The van der Waals surface area contributed by atoms with Crippen LogP contribution >= 0.6 is 0 Å². The van der Waals surface area contributed by atoms with E-state index in [1.165, 1.54) is 39.8 Å². The zero-order valence-electron chi connectivity index (χ0n) is 20.6. The fraction of sp³-hybridized carbons (Fsp3) is 0.148. The Labute approximate surface area is 222 Å². The van der Waals surface area contributed by atoms with Gasteiger partial charge in [0.1, 0.15) is 11.9 Å². The Kier molecular flexibility index (Phi) is 6.62. The molecular formula is C27H20F6N6O. The van der Waals surface area contributed by atoms with Crippen LogP contribution in [-0.2, 0) is 13.2 Å². The van der Waals surface area contributed by atoms with E-state index in [9.17, 15) is 31.1 Å². The molecule has 2 aromatic heterocycles. The van der Waals surface area contributed by atoms with E-state index in [1.807, 2.05) is 0 Å². The van der Waals surface area contributed by atoms with Crippen LogP contribution in [0.4, 0.5) is 32.2 Å². The molecule has 1 amide bonds. The Balaban J connectivity index is 1.59. The SMILES string of the molecule is Cn1ccc(-c2cc(C(=O)Nc3c4ccc([C@H](N)C(F)(F)F)cc4nn3-c3ccccc3)ccc2C(F)(F)F)n1. The minimum Gasteiger partial charge on any atom is -0.316 e. The van der Waals surface area contributed by atoms with Crippen molar-refractivity contribution in [1.29, 1.82) is 0 Å². The first kappa shape index (κ1) is 26.9. The van der Waals surface area contributed by atoms with Crippen molar-refractivity contribution in [2.75, 3.05) is 5.32 Å². The van der Waals surface area contributed by atoms with Crippen LogP contribution in [0, 0.1) is 0 Å². The van der Waals surface area contributed by atoms with Crippen LogP contribution in [0.1, 0.15) is 27.5 Å². The van der Waals surface area contributed by atoms with Gasteiger partial charge in [-0.1, -0.05) is 24.3 Å². The van der Waals surface area contributed by atoms with Crippen molar-refractivity contribution in [3.8, 4) is 16.9 Å². The largest absolute Gasteiger partial charge is 0.417 e. The molecule has 0 bridgehead atoms. The molecule has 1 atom stereocenters. The number of carbonyl (C=O) groups excluding carboxylic acids is 1. The summed E-state index contributed by atoms with van der Waals surface area (Å²) in [5, 5.41) is 11.4. The van der Waals surface area contributed by atoms with E-state index in [0.29, 0.717) is 11.1 Å². The molecule has 0 aliphatic carbocycles. The Morgan fingerprint density at radius 2 is 1.65 bits per heavy atom. The van der Waals surface area contributed by atoms with Gasteiger partial charge in [-0.25, -0.2) is 4.68 Å². The quantitative estimate of drug-likeness (QED) is 0.249. The van der Waals surface area contributed by atoms with Crippen LogP contribution in [0.5, 0.6) is 0 Å². The Morgan fingerprint density at radius 1 is 0.925 bits per heavy atom. The van der Waals surface area contributed by atoms with Crippen molar-refractivity contribution in [1.82, 2.24) is 19.6 Å². The summed E-state index contributed by atoms with van der Waals surface area (Å²) in [6, 6.07) is 14.3. The fourth-order valence-electron chi connectivity index (χ4n) is 4.25. The number of alkyl halides is 6. The smallest absolute Gasteiger partial charge is 0.316 e. The lowest BCUT2D eigenvalue weighted by Gasteiger charge is -2.15. The molecule has 206 valence electrons. The summed E-state index contributed by atoms with van der Waals surface area (Å²) in [7, 11) is 1.55. The highest BCUT2D eigenvalue weighted by atomic mass is 19.4. The fourth-order valence-corrected chi connectivity index (χ4v) is 4.25. The summed E-state index contributed by atoms with van der Waals surface area (Å²) in [5.41, 5.74) is 4.43. The van der Waals surface area contributed by atoms with E-state index in [2.05, 4.69) is 15.5 Å². The minimum atomic E-state index is -4.70. The molecule has 0 unspecified atom stereocenters. The van der Waals surface area contributed by atoms with Gasteiger partial charge in [-0.05, 0) is 54.1 Å². The third kappa shape index (κ3) is 5.15. The molecule has 0 fully saturated rings. The molecular weight excluding hydrogens is 538 g/mol. The van der Waals surface area contributed by atoms with Gasteiger partial charge >= 0.3 is 12.4 Å². The number of nitrogens with one attached hydrogen (secondary N) is 1. The number of carbonyl (C=O) groups is 1. The number of hydrogen-bond acceptors (Lipinski definition) is 4. The number of nitrogens with two attached hydrogens (primary N) is 1. The van der Waals surface area contributed by atoms with E-state index in [4.69, 9.17) is 5.73 Å². The highest BCUT2D eigenvalue weighted by molar-refractivity contribution is 6.09. The monoisotopic (exact) mass is 558 g/mol. The van der Waals surface area contributed by atoms with Gasteiger partial charge in [0.25, 0.3) is 5.91 Å². The molecule has 0 saturated heterocycles. The summed E-state index contributed by atoms with van der Waals surface area (Å²) in [6.07, 6.45) is -7.90. The molecule has 3 N–H and O–H groups in total. The third-order valence-electron chi connectivity index (χ3n) is 6.22. The maximum Gasteiger partial charge on any atom is 0.417 e. The molecule has 5 aromatic rings. The highest BCUT2D eigenvalue weighted by Gasteiger charge is 2.38. The van der Waals surface area contributed by atoms with Gasteiger partial charge < -0.3 is 11.1 Å². The molecule has 40 heavy (non-hydrogen) atoms. The lowest BCUT2D eigenvalue weighted by atomic mass is 10.0. The second-order valence-corrected chi connectivity index (χ2v) is 8.98. The van der Waals surface area contributed by atoms with Crippen LogP contribution in [0.2, 0.25) is 0 Å². The van der Waals surface area contributed by atoms with Crippen LogP contribution < -0.4 is 11.1 Å². The number of para-hydroxylation sites is 1. The number of hydrogen-bond donors (Lipinski definition) is 2. The lowest BCUT2D eigenvalue weighted by molar-refractivity contribution is -0.149. The standard InChI is InChI=1S/C27H20F6N6O/c1-38-12-11-21(36-38)19-13-16(8-10-20(19)26(28,29)30)25(40)35-24-18-9-7-15(23(34)27(31,32)33)14-22(18)37-39(24)17-5-3-2-4-6-17/h2-14,23H,34H2,1H3,(H,35,40)/t23-/m0/s1. The molecule has 7 nitrogen and oxygen atoms in total. The highest BCUT2D eigenvalue weighted by Crippen LogP contribution is 2.38. The number of nitrogens with zero attached hydrogens (tertiary/aromatic N) is 4. The second-order valence-electron chi connectivity index (χ2n) is 8.98. The van der Waals surface area contributed by atoms with E-state index in [1.54, 1.807) is 37.4 Å². The average Bonchev–Trinajstić information content (AvgIpc) is 3.50. The number of aromatic nitrogens is 4. The van der Waals surface area contributed by atoms with Gasteiger partial charge in [0.15, 0.2) is 0 Å². The van der Waals surface area contributed by atoms with Crippen molar-refractivity contribution in [3.05, 3.63) is 95.7 Å². The van der Waals surface area contributed by atoms with Gasteiger partial charge in [0, 0.05) is 29.8 Å². The van der Waals surface area contributed by atoms with E-state index < -0.39 is 29.9 Å². The Bertz CT molecular complexity index is 1700. The molecule has 2 heterocycles. The normalized spacial score (nSPS) is 13.0. The summed E-state index contributed by atoms with van der Waals surface area (Å²) >= 11 is 0. The number of rotatable bonds is 5. The Hall–Kier alpha value is -4.65. The van der Waals surface area contributed by atoms with Gasteiger partial charge in [0.2, 0.25) is 0 Å². The maximum absolute atomic E-state index is 13.7. The average molecular weight is 558 g/mol. The molecule has 0 aliphatic heterocycles. The molecule has 3 aromatic carbocycles. The van der Waals surface area contributed by atoms with Crippen LogP contribution in [0.15, 0.2) is 79.0 Å². The minimum absolute atomic E-state index is 0.0257. The number of anilines is 1. The number of halogens is 6. The first-order valence-corrected chi connectivity index (χ1v) is 11.8. The second kappa shape index (κ2) is 9.83. The maximum atomic E-state index is 13.7. The topological polar surface area (TPSA) is 90.8 Å². The molecule has 0 aliphatic rings. The van der Waals surface area contributed by atoms with E-state index in [-0.39, 0.29) is 33.7 Å². The predicted molar refractivity (Wildman–Crippen MR) is 136 cm³/mol. The molecule has 0 saturated carbocycles. The van der Waals surface area contributed by atoms with Crippen LogP contribution in [0.3, 0.4) is 0 Å². The first-order chi connectivity index (χ1) is 18.8. The summed E-state index contributed by atoms with van der Waals surface area (Å²) in [5.74, 6) is -0.654. The van der Waals surface area contributed by atoms with Gasteiger partial charge in [-0.3, -0.25) is 9.48 Å². The molecule has 0 spiro atoms. The summed E-state index contributed by atoms with van der Waals surface area (Å²) < 4.78 is 83.5. The number of aryl methyl sites for hydroxylation is 1. The molecule has 0 radical (unpaired) electrons. The number of amides is 1. The van der Waals surface area contributed by atoms with Crippen molar-refractivity contribution in [2.24, 2.45) is 12.8 Å². The summed E-state index contributed by atoms with van der Waals surface area (Å²) in [6.45, 7) is 0. The lowest BCUT2D eigenvalue weighted by Crippen LogP contribution is -2.28. The first-order valence-electron chi connectivity index (χ1n) is 11.8. The van der Waals surface area contributed by atoms with Crippen molar-refractivity contribution < 1.29 is 31.1 Å². The van der Waals surface area contributed by atoms with Gasteiger partial charge in [-0.2, -0.15) is 36.5 Å². The van der Waals surface area contributed by atoms with Crippen molar-refractivity contribution in [2.45, 2.75) is 18.4 Å². The van der Waals surface area contributed by atoms with Crippen LogP contribution in [-0.4, -0.2) is 31.6 Å². The van der Waals surface area contributed by atoms with Crippen molar-refractivity contribution >= 4 is 22.6 Å².